The van der Waals surface area contributed by atoms with Gasteiger partial charge in [0.15, 0.2) is 5.76 Å². The van der Waals surface area contributed by atoms with E-state index < -0.39 is 17.7 Å². The Bertz CT molecular complexity index is 1420. The van der Waals surface area contributed by atoms with Crippen LogP contribution in [-0.2, 0) is 24.3 Å². The number of aromatic nitrogens is 4. The predicted octanol–water partition coefficient (Wildman–Crippen LogP) is 5.90. The molecule has 0 aliphatic rings. The molecule has 9 heteroatoms. The van der Waals surface area contributed by atoms with Crippen LogP contribution < -0.4 is 0 Å². The van der Waals surface area contributed by atoms with Crippen LogP contribution in [0.1, 0.15) is 28.5 Å². The van der Waals surface area contributed by atoms with Crippen molar-refractivity contribution in [3.8, 4) is 11.3 Å². The van der Waals surface area contributed by atoms with Gasteiger partial charge in [0.25, 0.3) is 0 Å². The number of hydrogen-bond donors (Lipinski definition) is 0. The number of ether oxygens (including phenoxy) is 1. The highest BCUT2D eigenvalue weighted by Gasteiger charge is 2.19. The molecule has 6 nitrogen and oxygen atoms in total. The first kappa shape index (κ1) is 23.5. The van der Waals surface area contributed by atoms with Crippen LogP contribution in [0, 0.1) is 17.5 Å². The van der Waals surface area contributed by atoms with E-state index in [1.807, 2.05) is 30.3 Å². The van der Waals surface area contributed by atoms with Crippen LogP contribution in [0.4, 0.5) is 13.2 Å². The highest BCUT2D eigenvalue weighted by atomic mass is 19.1. The van der Waals surface area contributed by atoms with Crippen molar-refractivity contribution in [3.05, 3.63) is 125 Å². The Labute approximate surface area is 205 Å². The summed E-state index contributed by atoms with van der Waals surface area (Å²) < 4.78 is 53.9. The van der Waals surface area contributed by atoms with Crippen molar-refractivity contribution in [3.63, 3.8) is 0 Å². The molecule has 0 radical (unpaired) electrons. The zero-order valence-electron chi connectivity index (χ0n) is 19.0. The zero-order chi connectivity index (χ0) is 24.9. The van der Waals surface area contributed by atoms with Crippen molar-refractivity contribution in [2.45, 2.75) is 25.7 Å². The molecule has 1 atom stereocenters. The molecule has 0 N–H and O–H groups in total. The fraction of sp³-hybridized carbons (Fsp3) is 0.148. The van der Waals surface area contributed by atoms with Gasteiger partial charge in [0, 0.05) is 29.7 Å². The first-order valence-electron chi connectivity index (χ1n) is 11.2. The standard InChI is InChI=1S/C27H21F3N4O2/c28-21-7-5-20(6-8-21)26-13-23(33-36-26)11-18-1-3-19(4-2-18)15-35-27(14-34-17-31-16-32-34)24-10-9-22(29)12-25(24)30/h1-10,12-13,16-17,27H,11,14-15H2. The summed E-state index contributed by atoms with van der Waals surface area (Å²) >= 11 is 0. The average molecular weight is 490 g/mol. The molecule has 0 saturated heterocycles. The van der Waals surface area contributed by atoms with E-state index in [2.05, 4.69) is 15.2 Å². The van der Waals surface area contributed by atoms with Crippen LogP contribution in [0.15, 0.2) is 90.0 Å². The van der Waals surface area contributed by atoms with Crippen LogP contribution in [0.5, 0.6) is 0 Å². The second-order valence-corrected chi connectivity index (χ2v) is 8.27. The van der Waals surface area contributed by atoms with E-state index in [4.69, 9.17) is 9.26 Å². The van der Waals surface area contributed by atoms with Crippen molar-refractivity contribution in [2.75, 3.05) is 0 Å². The quantitative estimate of drug-likeness (QED) is 0.257. The molecule has 36 heavy (non-hydrogen) atoms. The molecule has 2 heterocycles. The van der Waals surface area contributed by atoms with E-state index in [1.54, 1.807) is 12.1 Å². The van der Waals surface area contributed by atoms with Gasteiger partial charge in [-0.3, -0.25) is 4.68 Å². The van der Waals surface area contributed by atoms with Gasteiger partial charge >= 0.3 is 0 Å². The van der Waals surface area contributed by atoms with Gasteiger partial charge in [-0.15, -0.1) is 0 Å². The summed E-state index contributed by atoms with van der Waals surface area (Å²) in [7, 11) is 0. The van der Waals surface area contributed by atoms with Gasteiger partial charge in [-0.1, -0.05) is 35.5 Å². The van der Waals surface area contributed by atoms with Gasteiger partial charge in [-0.2, -0.15) is 5.10 Å². The molecule has 5 rings (SSSR count). The molecule has 0 aliphatic carbocycles. The minimum Gasteiger partial charge on any atom is -0.367 e. The molecule has 0 spiro atoms. The summed E-state index contributed by atoms with van der Waals surface area (Å²) in [4.78, 5) is 3.91. The van der Waals surface area contributed by atoms with Gasteiger partial charge < -0.3 is 9.26 Å². The lowest BCUT2D eigenvalue weighted by Gasteiger charge is -2.19. The fourth-order valence-corrected chi connectivity index (χ4v) is 3.80. The third-order valence-corrected chi connectivity index (χ3v) is 5.68. The summed E-state index contributed by atoms with van der Waals surface area (Å²) in [5, 5.41) is 8.17. The molecule has 182 valence electrons. The van der Waals surface area contributed by atoms with Crippen molar-refractivity contribution < 1.29 is 22.4 Å². The summed E-state index contributed by atoms with van der Waals surface area (Å²) in [5.41, 5.74) is 3.64. The maximum Gasteiger partial charge on any atom is 0.167 e. The van der Waals surface area contributed by atoms with Crippen LogP contribution in [0.3, 0.4) is 0 Å². The highest BCUT2D eigenvalue weighted by molar-refractivity contribution is 5.57. The van der Waals surface area contributed by atoms with E-state index in [0.717, 1.165) is 28.5 Å². The Kier molecular flexibility index (Phi) is 6.90. The van der Waals surface area contributed by atoms with E-state index in [1.165, 1.54) is 41.6 Å². The lowest BCUT2D eigenvalue weighted by molar-refractivity contribution is 0.0233. The van der Waals surface area contributed by atoms with E-state index >= 15 is 0 Å². The molecule has 2 aromatic heterocycles. The molecule has 1 unspecified atom stereocenters. The minimum absolute atomic E-state index is 0.217. The van der Waals surface area contributed by atoms with E-state index in [0.29, 0.717) is 12.2 Å². The Hall–Kier alpha value is -4.24. The molecule has 0 saturated carbocycles. The summed E-state index contributed by atoms with van der Waals surface area (Å²) in [6.07, 6.45) is 2.76. The molecular formula is C27H21F3N4O2. The van der Waals surface area contributed by atoms with Crippen molar-refractivity contribution in [1.29, 1.82) is 0 Å². The fourth-order valence-electron chi connectivity index (χ4n) is 3.80. The maximum atomic E-state index is 14.4. The van der Waals surface area contributed by atoms with Gasteiger partial charge in [-0.25, -0.2) is 18.2 Å². The Balaban J connectivity index is 1.24. The number of nitrogens with zero attached hydrogens (tertiary/aromatic N) is 4. The molecule has 0 aliphatic heterocycles. The number of hydrogen-bond acceptors (Lipinski definition) is 5. The summed E-state index contributed by atoms with van der Waals surface area (Å²) in [6.45, 7) is 0.443. The topological polar surface area (TPSA) is 66.0 Å². The SMILES string of the molecule is Fc1ccc(-c2cc(Cc3ccc(COC(Cn4cncn4)c4ccc(F)cc4F)cc3)no2)cc1. The Morgan fingerprint density at radius 3 is 2.33 bits per heavy atom. The second-order valence-electron chi connectivity index (χ2n) is 8.27. The molecule has 0 amide bonds. The second kappa shape index (κ2) is 10.6. The third kappa shape index (κ3) is 5.69. The minimum atomic E-state index is -0.688. The van der Waals surface area contributed by atoms with Crippen molar-refractivity contribution in [1.82, 2.24) is 19.9 Å². The summed E-state index contributed by atoms with van der Waals surface area (Å²) in [6, 6.07) is 19.0. The van der Waals surface area contributed by atoms with Crippen LogP contribution in [-0.4, -0.2) is 19.9 Å². The number of benzene rings is 3. The molecular weight excluding hydrogens is 469 g/mol. The lowest BCUT2D eigenvalue weighted by atomic mass is 10.1. The van der Waals surface area contributed by atoms with Gasteiger partial charge in [0.05, 0.1) is 18.8 Å². The predicted molar refractivity (Wildman–Crippen MR) is 125 cm³/mol. The first-order chi connectivity index (χ1) is 17.5. The van der Waals surface area contributed by atoms with Crippen LogP contribution >= 0.6 is 0 Å². The van der Waals surface area contributed by atoms with E-state index in [9.17, 15) is 13.2 Å². The largest absolute Gasteiger partial charge is 0.367 e. The number of rotatable bonds is 9. The Morgan fingerprint density at radius 1 is 0.861 bits per heavy atom. The average Bonchev–Trinajstić information content (AvgIpc) is 3.56. The summed E-state index contributed by atoms with van der Waals surface area (Å²) in [5.74, 6) is -1.07. The number of halogens is 3. The van der Waals surface area contributed by atoms with Crippen LogP contribution in [0.2, 0.25) is 0 Å². The van der Waals surface area contributed by atoms with Crippen molar-refractivity contribution in [2.24, 2.45) is 0 Å². The highest BCUT2D eigenvalue weighted by Crippen LogP contribution is 2.25. The maximum absolute atomic E-state index is 14.4. The Morgan fingerprint density at radius 2 is 1.61 bits per heavy atom. The monoisotopic (exact) mass is 490 g/mol. The smallest absolute Gasteiger partial charge is 0.167 e. The zero-order valence-corrected chi connectivity index (χ0v) is 19.0. The first-order valence-corrected chi connectivity index (χ1v) is 11.2. The van der Waals surface area contributed by atoms with Crippen molar-refractivity contribution >= 4 is 0 Å². The van der Waals surface area contributed by atoms with Gasteiger partial charge in [0.2, 0.25) is 0 Å². The molecule has 0 fully saturated rings. The van der Waals surface area contributed by atoms with Gasteiger partial charge in [-0.05, 0) is 41.5 Å². The normalized spacial score (nSPS) is 12.1. The third-order valence-electron chi connectivity index (χ3n) is 5.68. The lowest BCUT2D eigenvalue weighted by Crippen LogP contribution is -2.15. The van der Waals surface area contributed by atoms with Gasteiger partial charge in [0.1, 0.15) is 36.2 Å². The molecule has 5 aromatic rings. The molecule has 3 aromatic carbocycles. The van der Waals surface area contributed by atoms with Crippen LogP contribution in [0.25, 0.3) is 11.3 Å². The molecule has 0 bridgehead atoms. The van der Waals surface area contributed by atoms with E-state index in [-0.39, 0.29) is 24.5 Å².